The molecular formula is C132H166B4F2N4O8. The minimum Gasteiger partial charge on any atom is -0.399 e. The molecular weight excluding hydrogens is 1850 g/mol. The van der Waals surface area contributed by atoms with Crippen LogP contribution in [0.5, 0.6) is 0 Å². The molecule has 788 valence electrons. The third-order valence-electron chi connectivity index (χ3n) is 35.9. The number of fused-ring (bicyclic) bond motifs is 6. The van der Waals surface area contributed by atoms with Gasteiger partial charge in [-0.3, -0.25) is 0 Å². The van der Waals surface area contributed by atoms with E-state index in [0.717, 1.165) is 129 Å². The van der Waals surface area contributed by atoms with E-state index < -0.39 is 73.3 Å². The molecule has 18 heteroatoms. The van der Waals surface area contributed by atoms with Crippen LogP contribution in [0.1, 0.15) is 328 Å². The van der Waals surface area contributed by atoms with Gasteiger partial charge in [0.15, 0.2) is 0 Å². The Bertz CT molecular complexity index is 5730. The first-order valence-corrected chi connectivity index (χ1v) is 56.7. The predicted molar refractivity (Wildman–Crippen MR) is 628 cm³/mol. The van der Waals surface area contributed by atoms with Crippen LogP contribution in [0.4, 0.5) is 77.0 Å². The molecule has 12 nitrogen and oxygen atoms in total. The molecule has 0 bridgehead atoms. The summed E-state index contributed by atoms with van der Waals surface area (Å²) in [5.41, 5.74) is 25.4. The van der Waals surface area contributed by atoms with Crippen LogP contribution in [0.2, 0.25) is 0 Å². The standard InChI is InChI=1S/C67H86B2N2O4.C65H80B2F2N2O4/c1-15-19-21-49(17-3)45-67(46-50(18-4)22-20-16-2)61-41-39-57(70(53-31-23-47(5)24-32-53)55-35-27-51(28-36-55)68-72-63(7,8)64(9,10)73-68)43-59(61)60-44-58(40-42-62(60)67)71(54-33-25-48(6)26-34-54)56-37-29-52(30-38-56)69-74-65(11,12)66(13,14)75-69;1-13-17-19-45(15-3)43-65(44-46(16-4)20-18-14-2)59-39-37-55(70(53-33-25-49(68)26-34-53)51-29-21-47(22-30-51)66-72-61(5,6)62(7,8)73-66)41-57(59)58-42-56(38-40-60(58)65)71(54-35-27-50(69)28-36-54)52-31-23-48(24-32-52)67-74-63(9,10)64(11,12)75-67/h23-44,49-50H,15-22,45-46H2,1-14H3;21-42,45-46H,13-20,43-44H2,1-12H3. The molecule has 2 aliphatic carbocycles. The largest absolute Gasteiger partial charge is 0.494 e. The SMILES string of the molecule is CCCCC(CC)CC1(CC(CC)CCCC)c2ccc(N(c3ccc(C)cc3)c3ccc(B4OC(C)(C)C(C)(C)O4)cc3)cc2-c2cc(N(c3ccc(C)cc3)c3ccc(B4OC(C)(C)C(C)(C)O4)cc3)ccc21.CCCCC(CC)CC1(CC(CC)CCCC)c2ccc(N(c3ccc(F)cc3)c3ccc(B4OC(C)(C)C(C)(C)O4)cc3)cc2-c2cc(N(c3ccc(F)cc3)c3ccc(B4OC(C)(C)C(C)(C)O4)cc3)ccc21. The fourth-order valence-corrected chi connectivity index (χ4v) is 23.7. The molecule has 0 saturated carbocycles. The Morgan fingerprint density at radius 3 is 0.547 bits per heavy atom. The molecule has 12 aromatic carbocycles. The summed E-state index contributed by atoms with van der Waals surface area (Å²) in [5.74, 6) is 1.75. The first-order valence-electron chi connectivity index (χ1n) is 56.7. The van der Waals surface area contributed by atoms with Crippen LogP contribution in [0.3, 0.4) is 0 Å². The summed E-state index contributed by atoms with van der Waals surface area (Å²) >= 11 is 0. The van der Waals surface area contributed by atoms with Crippen LogP contribution in [-0.4, -0.2) is 73.3 Å². The maximum atomic E-state index is 14.8. The van der Waals surface area contributed by atoms with Gasteiger partial charge in [-0.05, 0) is 410 Å². The molecule has 4 heterocycles. The predicted octanol–water partition coefficient (Wildman–Crippen LogP) is 34.3. The highest BCUT2D eigenvalue weighted by Gasteiger charge is 2.57. The molecule has 150 heavy (non-hydrogen) atoms. The van der Waals surface area contributed by atoms with Gasteiger partial charge in [-0.1, -0.05) is 266 Å². The molecule has 4 fully saturated rings. The highest BCUT2D eigenvalue weighted by molar-refractivity contribution is 6.63. The second kappa shape index (κ2) is 45.0. The van der Waals surface area contributed by atoms with E-state index in [9.17, 15) is 8.78 Å². The summed E-state index contributed by atoms with van der Waals surface area (Å²) in [6.45, 7) is 56.8. The Balaban J connectivity index is 0.000000204. The van der Waals surface area contributed by atoms with E-state index in [1.165, 1.54) is 170 Å². The number of halogens is 2. The van der Waals surface area contributed by atoms with Crippen LogP contribution >= 0.6 is 0 Å². The normalized spacial score (nSPS) is 18.4. The Kier molecular flexibility index (Phi) is 33.2. The molecule has 6 aliphatic rings. The van der Waals surface area contributed by atoms with Crippen molar-refractivity contribution in [2.24, 2.45) is 23.7 Å². The zero-order valence-electron chi connectivity index (χ0n) is 95.0. The van der Waals surface area contributed by atoms with Crippen LogP contribution in [0.15, 0.2) is 267 Å². The Morgan fingerprint density at radius 2 is 0.380 bits per heavy atom. The van der Waals surface area contributed by atoms with Crippen molar-refractivity contribution in [1.29, 1.82) is 0 Å². The number of hydrogen-bond acceptors (Lipinski definition) is 12. The fraction of sp³-hybridized carbons (Fsp3) is 0.455. The summed E-state index contributed by atoms with van der Waals surface area (Å²) < 4.78 is 81.6. The van der Waals surface area contributed by atoms with Gasteiger partial charge in [0.25, 0.3) is 0 Å². The van der Waals surface area contributed by atoms with Crippen LogP contribution in [0, 0.1) is 49.2 Å². The van der Waals surface area contributed by atoms with Gasteiger partial charge >= 0.3 is 28.5 Å². The van der Waals surface area contributed by atoms with Crippen molar-refractivity contribution in [2.45, 2.75) is 364 Å². The maximum Gasteiger partial charge on any atom is 0.494 e. The van der Waals surface area contributed by atoms with Crippen molar-refractivity contribution in [3.8, 4) is 22.3 Å². The van der Waals surface area contributed by atoms with E-state index in [4.69, 9.17) is 37.2 Å². The van der Waals surface area contributed by atoms with E-state index in [2.05, 4.69) is 418 Å². The van der Waals surface area contributed by atoms with Gasteiger partial charge in [-0.15, -0.1) is 0 Å². The molecule has 4 atom stereocenters. The van der Waals surface area contributed by atoms with Gasteiger partial charge < -0.3 is 56.8 Å². The lowest BCUT2D eigenvalue weighted by Crippen LogP contribution is -2.41. The zero-order chi connectivity index (χ0) is 107. The van der Waals surface area contributed by atoms with E-state index in [1.54, 1.807) is 0 Å². The quantitative estimate of drug-likeness (QED) is 0.0343. The Hall–Kier alpha value is -10.4. The number of anilines is 12. The molecule has 0 spiro atoms. The lowest BCUT2D eigenvalue weighted by atomic mass is 9.65. The summed E-state index contributed by atoms with van der Waals surface area (Å²) in [6, 6.07) is 95.2. The van der Waals surface area contributed by atoms with Gasteiger partial charge in [-0.2, -0.15) is 0 Å². The molecule has 4 aliphatic heterocycles. The topological polar surface area (TPSA) is 86.8 Å². The van der Waals surface area contributed by atoms with E-state index in [-0.39, 0.29) is 22.5 Å². The molecule has 18 rings (SSSR count). The second-order valence-corrected chi connectivity index (χ2v) is 48.3. The molecule has 0 aromatic heterocycles. The Morgan fingerprint density at radius 1 is 0.220 bits per heavy atom. The van der Waals surface area contributed by atoms with Crippen LogP contribution in [-0.2, 0) is 48.1 Å². The van der Waals surface area contributed by atoms with Crippen molar-refractivity contribution in [3.05, 3.63) is 312 Å². The van der Waals surface area contributed by atoms with Gasteiger partial charge in [0.1, 0.15) is 11.6 Å². The highest BCUT2D eigenvalue weighted by Crippen LogP contribution is 2.62. The molecule has 0 amide bonds. The van der Waals surface area contributed by atoms with Crippen molar-refractivity contribution in [1.82, 2.24) is 0 Å². The van der Waals surface area contributed by atoms with Crippen molar-refractivity contribution < 1.29 is 46.0 Å². The minimum atomic E-state index is -0.502. The smallest absolute Gasteiger partial charge is 0.399 e. The molecule has 0 N–H and O–H groups in total. The third kappa shape index (κ3) is 22.5. The van der Waals surface area contributed by atoms with Gasteiger partial charge in [0.2, 0.25) is 0 Å². The number of nitrogens with zero attached hydrogens (tertiary/aromatic N) is 4. The molecule has 0 radical (unpaired) electrons. The van der Waals surface area contributed by atoms with E-state index >= 15 is 0 Å². The second-order valence-electron chi connectivity index (χ2n) is 48.3. The average Bonchev–Trinajstić information content (AvgIpc) is 1.55. The first kappa shape index (κ1) is 111. The lowest BCUT2D eigenvalue weighted by molar-refractivity contribution is 0.00578. The van der Waals surface area contributed by atoms with E-state index in [1.807, 2.05) is 24.3 Å². The molecule has 4 unspecified atom stereocenters. The van der Waals surface area contributed by atoms with Crippen LogP contribution < -0.4 is 41.5 Å². The van der Waals surface area contributed by atoms with Gasteiger partial charge in [0.05, 0.1) is 44.8 Å². The Labute approximate surface area is 900 Å². The minimum absolute atomic E-state index is 0.136. The van der Waals surface area contributed by atoms with E-state index in [0.29, 0.717) is 23.7 Å². The highest BCUT2D eigenvalue weighted by atomic mass is 19.1. The maximum absolute atomic E-state index is 14.8. The van der Waals surface area contributed by atoms with Gasteiger partial charge in [-0.25, -0.2) is 8.78 Å². The van der Waals surface area contributed by atoms with Crippen molar-refractivity contribution in [3.63, 3.8) is 0 Å². The summed E-state index contributed by atoms with van der Waals surface area (Å²) in [7, 11) is -1.87. The third-order valence-corrected chi connectivity index (χ3v) is 35.9. The number of aryl methyl sites for hydroxylation is 2. The molecule has 4 saturated heterocycles. The lowest BCUT2D eigenvalue weighted by Gasteiger charge is -2.39. The number of unbranched alkanes of at least 4 members (excludes halogenated alkanes) is 4. The monoisotopic (exact) mass is 2020 g/mol. The van der Waals surface area contributed by atoms with Crippen molar-refractivity contribution >= 4 is 119 Å². The number of benzene rings is 12. The summed E-state index contributed by atoms with van der Waals surface area (Å²) in [5, 5.41) is 0. The van der Waals surface area contributed by atoms with Crippen molar-refractivity contribution in [2.75, 3.05) is 19.6 Å². The van der Waals surface area contributed by atoms with Crippen LogP contribution in [0.25, 0.3) is 22.3 Å². The summed E-state index contributed by atoms with van der Waals surface area (Å²) in [4.78, 5) is 9.33. The zero-order valence-corrected chi connectivity index (χ0v) is 95.0. The van der Waals surface area contributed by atoms with Gasteiger partial charge in [0, 0.05) is 79.1 Å². The summed E-state index contributed by atoms with van der Waals surface area (Å²) in [6.07, 6.45) is 23.7. The molecule has 12 aromatic rings. The average molecular weight is 2020 g/mol. The number of rotatable bonds is 40. The fourth-order valence-electron chi connectivity index (χ4n) is 23.7. The number of hydrogen-bond donors (Lipinski definition) is 0. The first-order chi connectivity index (χ1) is 71.5.